The number of piperazine rings is 1. The minimum absolute atomic E-state index is 0.190. The van der Waals surface area contributed by atoms with Gasteiger partial charge in [0.15, 0.2) is 5.96 Å². The Kier molecular flexibility index (Phi) is 8.17. The Hall–Kier alpha value is -2.29. The van der Waals surface area contributed by atoms with Crippen molar-refractivity contribution in [1.82, 2.24) is 25.2 Å². The Balaban J connectivity index is 1.37. The molecule has 1 amide bonds. The first kappa shape index (κ1) is 23.4. The van der Waals surface area contributed by atoms with Crippen LogP contribution in [0.3, 0.4) is 0 Å². The molecule has 0 spiro atoms. The molecule has 1 N–H and O–H groups in total. The SMILES string of the molecule is CN=C(NCCC1CCCN(C(=O)OC(C)(C)C)C1)N1CCN(Cc2ccon2)CC1. The molecule has 2 saturated heterocycles. The molecule has 0 bridgehead atoms. The molecule has 0 aromatic carbocycles. The standard InChI is InChI=1S/C22H38N6O3/c1-22(2,3)31-21(29)28-10-5-6-18(16-28)7-9-24-20(23-4)27-13-11-26(12-14-27)17-19-8-15-30-25-19/h8,15,18H,5-7,9-14,16-17H2,1-4H3,(H,23,24). The lowest BCUT2D eigenvalue weighted by molar-refractivity contribution is 0.0162. The van der Waals surface area contributed by atoms with Crippen LogP contribution in [-0.4, -0.2) is 90.4 Å². The van der Waals surface area contributed by atoms with Gasteiger partial charge in [-0.25, -0.2) is 4.79 Å². The van der Waals surface area contributed by atoms with Crippen molar-refractivity contribution in [3.8, 4) is 0 Å². The predicted octanol–water partition coefficient (Wildman–Crippen LogP) is 2.40. The van der Waals surface area contributed by atoms with E-state index in [4.69, 9.17) is 9.26 Å². The molecule has 2 aliphatic rings. The first-order chi connectivity index (χ1) is 14.8. The Morgan fingerprint density at radius 1 is 1.26 bits per heavy atom. The van der Waals surface area contributed by atoms with Crippen LogP contribution >= 0.6 is 0 Å². The Bertz CT molecular complexity index is 707. The van der Waals surface area contributed by atoms with Crippen molar-refractivity contribution in [2.75, 3.05) is 52.9 Å². The quantitative estimate of drug-likeness (QED) is 0.562. The summed E-state index contributed by atoms with van der Waals surface area (Å²) in [6, 6.07) is 1.92. The van der Waals surface area contributed by atoms with Gasteiger partial charge in [-0.3, -0.25) is 9.89 Å². The van der Waals surface area contributed by atoms with Crippen LogP contribution < -0.4 is 5.32 Å². The number of rotatable bonds is 5. The molecule has 9 heteroatoms. The minimum Gasteiger partial charge on any atom is -0.444 e. The number of amides is 1. The second-order valence-corrected chi connectivity index (χ2v) is 9.45. The number of hydrogen-bond donors (Lipinski definition) is 1. The van der Waals surface area contributed by atoms with E-state index < -0.39 is 5.60 Å². The Labute approximate surface area is 185 Å². The van der Waals surface area contributed by atoms with Crippen molar-refractivity contribution >= 4 is 12.1 Å². The third kappa shape index (κ3) is 7.41. The smallest absolute Gasteiger partial charge is 0.410 e. The summed E-state index contributed by atoms with van der Waals surface area (Å²) in [5.74, 6) is 1.45. The third-order valence-electron chi connectivity index (χ3n) is 5.77. The molecule has 1 aromatic rings. The molecule has 2 aliphatic heterocycles. The van der Waals surface area contributed by atoms with E-state index in [1.165, 1.54) is 0 Å². The van der Waals surface area contributed by atoms with Crippen LogP contribution in [0.2, 0.25) is 0 Å². The van der Waals surface area contributed by atoms with Gasteiger partial charge in [-0.1, -0.05) is 5.16 Å². The molecule has 3 rings (SSSR count). The molecule has 31 heavy (non-hydrogen) atoms. The first-order valence-electron chi connectivity index (χ1n) is 11.4. The monoisotopic (exact) mass is 434 g/mol. The number of nitrogens with one attached hydrogen (secondary N) is 1. The topological polar surface area (TPSA) is 86.4 Å². The fourth-order valence-corrected chi connectivity index (χ4v) is 4.18. The van der Waals surface area contributed by atoms with Gasteiger partial charge in [-0.2, -0.15) is 0 Å². The number of aromatic nitrogens is 1. The second kappa shape index (κ2) is 10.8. The molecule has 0 aliphatic carbocycles. The summed E-state index contributed by atoms with van der Waals surface area (Å²) >= 11 is 0. The number of hydrogen-bond acceptors (Lipinski definition) is 6. The van der Waals surface area contributed by atoms with Crippen LogP contribution in [0.15, 0.2) is 21.8 Å². The zero-order valence-electron chi connectivity index (χ0n) is 19.5. The van der Waals surface area contributed by atoms with Crippen LogP contribution in [-0.2, 0) is 11.3 Å². The number of ether oxygens (including phenoxy) is 1. The zero-order chi connectivity index (χ0) is 22.3. The van der Waals surface area contributed by atoms with Gasteiger partial charge in [-0.05, 0) is 46.0 Å². The van der Waals surface area contributed by atoms with Crippen LogP contribution in [0.1, 0.15) is 45.7 Å². The van der Waals surface area contributed by atoms with Crippen molar-refractivity contribution in [3.63, 3.8) is 0 Å². The summed E-state index contributed by atoms with van der Waals surface area (Å²) in [7, 11) is 1.84. The highest BCUT2D eigenvalue weighted by atomic mass is 16.6. The van der Waals surface area contributed by atoms with Gasteiger partial charge in [0.1, 0.15) is 11.9 Å². The molecule has 9 nitrogen and oxygen atoms in total. The molecular weight excluding hydrogens is 396 g/mol. The van der Waals surface area contributed by atoms with Crippen LogP contribution in [0.4, 0.5) is 4.79 Å². The van der Waals surface area contributed by atoms with Gasteiger partial charge in [0, 0.05) is 65.5 Å². The molecule has 2 fully saturated rings. The van der Waals surface area contributed by atoms with E-state index in [1.807, 2.05) is 38.8 Å². The summed E-state index contributed by atoms with van der Waals surface area (Å²) in [6.45, 7) is 12.8. The largest absolute Gasteiger partial charge is 0.444 e. The third-order valence-corrected chi connectivity index (χ3v) is 5.77. The lowest BCUT2D eigenvalue weighted by atomic mass is 9.95. The summed E-state index contributed by atoms with van der Waals surface area (Å²) in [5, 5.41) is 7.52. The first-order valence-corrected chi connectivity index (χ1v) is 11.4. The number of carbonyl (C=O) groups excluding carboxylic acids is 1. The highest BCUT2D eigenvalue weighted by Crippen LogP contribution is 2.21. The average Bonchev–Trinajstić information content (AvgIpc) is 3.24. The summed E-state index contributed by atoms with van der Waals surface area (Å²) in [5.41, 5.74) is 0.529. The maximum Gasteiger partial charge on any atom is 0.410 e. The Morgan fingerprint density at radius 3 is 2.68 bits per heavy atom. The normalized spacial score (nSPS) is 21.3. The van der Waals surface area contributed by atoms with E-state index in [9.17, 15) is 4.79 Å². The lowest BCUT2D eigenvalue weighted by Crippen LogP contribution is -2.52. The van der Waals surface area contributed by atoms with Gasteiger partial charge >= 0.3 is 6.09 Å². The van der Waals surface area contributed by atoms with Gasteiger partial charge in [0.25, 0.3) is 0 Å². The molecular formula is C22H38N6O3. The van der Waals surface area contributed by atoms with Gasteiger partial charge in [-0.15, -0.1) is 0 Å². The maximum absolute atomic E-state index is 12.4. The van der Waals surface area contributed by atoms with Crippen molar-refractivity contribution in [2.24, 2.45) is 10.9 Å². The van der Waals surface area contributed by atoms with Crippen LogP contribution in [0, 0.1) is 5.92 Å². The number of aliphatic imine (C=N–C) groups is 1. The molecule has 3 heterocycles. The number of likely N-dealkylation sites (tertiary alicyclic amines) is 1. The summed E-state index contributed by atoms with van der Waals surface area (Å²) in [4.78, 5) is 23.4. The molecule has 174 valence electrons. The van der Waals surface area contributed by atoms with E-state index in [1.54, 1.807) is 6.26 Å². The van der Waals surface area contributed by atoms with Crippen molar-refractivity contribution < 1.29 is 14.1 Å². The highest BCUT2D eigenvalue weighted by molar-refractivity contribution is 5.80. The van der Waals surface area contributed by atoms with Gasteiger partial charge < -0.3 is 24.4 Å². The predicted molar refractivity (Wildman–Crippen MR) is 120 cm³/mol. The average molecular weight is 435 g/mol. The van der Waals surface area contributed by atoms with E-state index in [0.717, 1.165) is 83.3 Å². The number of nitrogens with zero attached hydrogens (tertiary/aromatic N) is 5. The van der Waals surface area contributed by atoms with Crippen LogP contribution in [0.25, 0.3) is 0 Å². The van der Waals surface area contributed by atoms with Crippen LogP contribution in [0.5, 0.6) is 0 Å². The van der Waals surface area contributed by atoms with E-state index in [2.05, 4.69) is 25.3 Å². The lowest BCUT2D eigenvalue weighted by Gasteiger charge is -2.36. The summed E-state index contributed by atoms with van der Waals surface area (Å²) < 4.78 is 10.5. The van der Waals surface area contributed by atoms with Crippen molar-refractivity contribution in [3.05, 3.63) is 18.0 Å². The fraction of sp³-hybridized carbons (Fsp3) is 0.773. The van der Waals surface area contributed by atoms with E-state index in [0.29, 0.717) is 5.92 Å². The molecule has 0 saturated carbocycles. The number of guanidine groups is 1. The van der Waals surface area contributed by atoms with Gasteiger partial charge in [0.2, 0.25) is 0 Å². The minimum atomic E-state index is -0.447. The second-order valence-electron chi connectivity index (χ2n) is 9.45. The van der Waals surface area contributed by atoms with E-state index in [-0.39, 0.29) is 6.09 Å². The van der Waals surface area contributed by atoms with Crippen molar-refractivity contribution in [2.45, 2.75) is 52.2 Å². The summed E-state index contributed by atoms with van der Waals surface area (Å²) in [6.07, 6.45) is 4.64. The van der Waals surface area contributed by atoms with Crippen molar-refractivity contribution in [1.29, 1.82) is 0 Å². The fourth-order valence-electron chi connectivity index (χ4n) is 4.18. The van der Waals surface area contributed by atoms with E-state index >= 15 is 0 Å². The maximum atomic E-state index is 12.4. The molecule has 1 aromatic heterocycles. The zero-order valence-corrected chi connectivity index (χ0v) is 19.5. The van der Waals surface area contributed by atoms with Gasteiger partial charge in [0.05, 0.1) is 5.69 Å². The number of piperidine rings is 1. The molecule has 0 radical (unpaired) electrons. The number of carbonyl (C=O) groups is 1. The molecule has 1 unspecified atom stereocenters. The molecule has 1 atom stereocenters. The highest BCUT2D eigenvalue weighted by Gasteiger charge is 2.27. The Morgan fingerprint density at radius 2 is 2.03 bits per heavy atom.